The van der Waals surface area contributed by atoms with Gasteiger partial charge in [-0.05, 0) is 62.9 Å². The number of anilines is 1. The van der Waals surface area contributed by atoms with Gasteiger partial charge >= 0.3 is 0 Å². The quantitative estimate of drug-likeness (QED) is 0.773. The molecule has 1 aromatic rings. The normalized spacial score (nSPS) is 26.8. The smallest absolute Gasteiger partial charge is 0.0429 e. The van der Waals surface area contributed by atoms with Crippen LogP contribution in [0.5, 0.6) is 0 Å². The first-order chi connectivity index (χ1) is 10.1. The van der Waals surface area contributed by atoms with E-state index in [9.17, 15) is 0 Å². The Morgan fingerprint density at radius 1 is 1.14 bits per heavy atom. The lowest BCUT2D eigenvalue weighted by molar-refractivity contribution is 0.111. The van der Waals surface area contributed by atoms with Crippen LogP contribution in [0.1, 0.15) is 43.7 Å². The number of aryl methyl sites for hydroxylation is 2. The van der Waals surface area contributed by atoms with Gasteiger partial charge in [-0.25, -0.2) is 0 Å². The number of piperidine rings is 1. The standard InChI is InChI=1S/C18H27BrN2/c1-4-16-11-20-8-6-5-7-17(20)12-21(16)18-13(2)9-15(19)10-14(18)3/h9-10,16-17H,4-8,11-12H2,1-3H3. The Hall–Kier alpha value is -0.540. The maximum atomic E-state index is 3.63. The maximum Gasteiger partial charge on any atom is 0.0429 e. The van der Waals surface area contributed by atoms with Crippen LogP contribution in [0.2, 0.25) is 0 Å². The number of nitrogens with zero attached hydrogens (tertiary/aromatic N) is 2. The summed E-state index contributed by atoms with van der Waals surface area (Å²) in [4.78, 5) is 5.46. The minimum absolute atomic E-state index is 0.665. The number of hydrogen-bond acceptors (Lipinski definition) is 2. The Morgan fingerprint density at radius 2 is 1.86 bits per heavy atom. The lowest BCUT2D eigenvalue weighted by atomic mass is 9.94. The summed E-state index contributed by atoms with van der Waals surface area (Å²) >= 11 is 3.63. The van der Waals surface area contributed by atoms with E-state index in [-0.39, 0.29) is 0 Å². The van der Waals surface area contributed by atoms with Crippen molar-refractivity contribution >= 4 is 21.6 Å². The lowest BCUT2D eigenvalue weighted by Gasteiger charge is -2.50. The van der Waals surface area contributed by atoms with E-state index in [0.717, 1.165) is 6.04 Å². The van der Waals surface area contributed by atoms with Gasteiger partial charge in [0, 0.05) is 35.3 Å². The third-order valence-corrected chi connectivity index (χ3v) is 5.71. The van der Waals surface area contributed by atoms with E-state index in [4.69, 9.17) is 0 Å². The molecule has 0 radical (unpaired) electrons. The molecule has 0 bridgehead atoms. The summed E-state index contributed by atoms with van der Waals surface area (Å²) in [6, 6.07) is 5.96. The molecule has 2 saturated heterocycles. The molecule has 2 aliphatic rings. The summed E-state index contributed by atoms with van der Waals surface area (Å²) in [7, 11) is 0. The zero-order valence-corrected chi connectivity index (χ0v) is 15.1. The Kier molecular flexibility index (Phi) is 4.60. The molecule has 2 unspecified atom stereocenters. The molecule has 0 amide bonds. The second-order valence-corrected chi connectivity index (χ2v) is 7.66. The molecule has 3 heteroatoms. The van der Waals surface area contributed by atoms with E-state index in [1.54, 1.807) is 0 Å². The average molecular weight is 351 g/mol. The number of benzene rings is 1. The highest BCUT2D eigenvalue weighted by atomic mass is 79.9. The summed E-state index contributed by atoms with van der Waals surface area (Å²) in [5.74, 6) is 0. The second kappa shape index (κ2) is 6.29. The molecule has 21 heavy (non-hydrogen) atoms. The highest BCUT2D eigenvalue weighted by molar-refractivity contribution is 9.10. The predicted molar refractivity (Wildman–Crippen MR) is 94.3 cm³/mol. The molecule has 0 spiro atoms. The van der Waals surface area contributed by atoms with E-state index in [0.29, 0.717) is 6.04 Å². The van der Waals surface area contributed by atoms with Crippen molar-refractivity contribution in [2.24, 2.45) is 0 Å². The van der Waals surface area contributed by atoms with Crippen LogP contribution >= 0.6 is 15.9 Å². The molecule has 2 aliphatic heterocycles. The highest BCUT2D eigenvalue weighted by Gasteiger charge is 2.35. The Labute approximate surface area is 137 Å². The molecule has 2 heterocycles. The number of rotatable bonds is 2. The van der Waals surface area contributed by atoms with Crippen molar-refractivity contribution in [2.75, 3.05) is 24.5 Å². The van der Waals surface area contributed by atoms with E-state index < -0.39 is 0 Å². The third kappa shape index (κ3) is 3.00. The van der Waals surface area contributed by atoms with Gasteiger partial charge in [0.1, 0.15) is 0 Å². The largest absolute Gasteiger partial charge is 0.365 e. The Bertz CT molecular complexity index is 491. The molecule has 2 atom stereocenters. The summed E-state index contributed by atoms with van der Waals surface area (Å²) < 4.78 is 1.20. The Balaban J connectivity index is 1.92. The number of fused-ring (bicyclic) bond motifs is 1. The van der Waals surface area contributed by atoms with Gasteiger partial charge in [-0.2, -0.15) is 0 Å². The minimum atomic E-state index is 0.665. The van der Waals surface area contributed by atoms with Crippen molar-refractivity contribution in [3.05, 3.63) is 27.7 Å². The van der Waals surface area contributed by atoms with Crippen LogP contribution in [-0.2, 0) is 0 Å². The van der Waals surface area contributed by atoms with E-state index in [1.165, 1.54) is 66.6 Å². The van der Waals surface area contributed by atoms with Crippen LogP contribution in [0.4, 0.5) is 5.69 Å². The van der Waals surface area contributed by atoms with Gasteiger partial charge in [-0.3, -0.25) is 4.90 Å². The van der Waals surface area contributed by atoms with Crippen molar-refractivity contribution in [1.82, 2.24) is 4.90 Å². The van der Waals surface area contributed by atoms with Gasteiger partial charge < -0.3 is 4.90 Å². The molecular formula is C18H27BrN2. The molecule has 1 aromatic carbocycles. The van der Waals surface area contributed by atoms with Gasteiger partial charge in [0.15, 0.2) is 0 Å². The Morgan fingerprint density at radius 3 is 2.52 bits per heavy atom. The first kappa shape index (κ1) is 15.4. The first-order valence-electron chi connectivity index (χ1n) is 8.37. The fraction of sp³-hybridized carbons (Fsp3) is 0.667. The third-order valence-electron chi connectivity index (χ3n) is 5.26. The van der Waals surface area contributed by atoms with E-state index in [2.05, 4.69) is 58.6 Å². The lowest BCUT2D eigenvalue weighted by Crippen LogP contribution is -2.59. The number of halogens is 1. The number of piperazine rings is 1. The van der Waals surface area contributed by atoms with Gasteiger partial charge in [-0.1, -0.05) is 29.3 Å². The minimum Gasteiger partial charge on any atom is -0.365 e. The predicted octanol–water partition coefficient (Wildman–Crippen LogP) is 4.52. The van der Waals surface area contributed by atoms with Crippen LogP contribution in [0.3, 0.4) is 0 Å². The zero-order chi connectivity index (χ0) is 15.0. The molecule has 0 N–H and O–H groups in total. The summed E-state index contributed by atoms with van der Waals surface area (Å²) in [6.07, 6.45) is 5.41. The van der Waals surface area contributed by atoms with E-state index >= 15 is 0 Å². The van der Waals surface area contributed by atoms with Crippen molar-refractivity contribution in [3.63, 3.8) is 0 Å². The van der Waals surface area contributed by atoms with Gasteiger partial charge in [0.2, 0.25) is 0 Å². The maximum absolute atomic E-state index is 3.63. The van der Waals surface area contributed by atoms with Crippen molar-refractivity contribution in [2.45, 2.75) is 58.5 Å². The molecule has 2 fully saturated rings. The fourth-order valence-corrected chi connectivity index (χ4v) is 4.92. The molecule has 3 rings (SSSR count). The van der Waals surface area contributed by atoms with Crippen molar-refractivity contribution < 1.29 is 0 Å². The summed E-state index contributed by atoms with van der Waals surface area (Å²) in [5, 5.41) is 0. The number of hydrogen-bond donors (Lipinski definition) is 0. The molecule has 2 nitrogen and oxygen atoms in total. The molecule has 0 aromatic heterocycles. The van der Waals surface area contributed by atoms with Gasteiger partial charge in [0.05, 0.1) is 0 Å². The monoisotopic (exact) mass is 350 g/mol. The highest BCUT2D eigenvalue weighted by Crippen LogP contribution is 2.34. The zero-order valence-electron chi connectivity index (χ0n) is 13.5. The van der Waals surface area contributed by atoms with Gasteiger partial charge in [-0.15, -0.1) is 0 Å². The van der Waals surface area contributed by atoms with Crippen molar-refractivity contribution in [1.29, 1.82) is 0 Å². The fourth-order valence-electron chi connectivity index (χ4n) is 4.23. The second-order valence-electron chi connectivity index (χ2n) is 6.75. The summed E-state index contributed by atoms with van der Waals surface area (Å²) in [5.41, 5.74) is 4.30. The van der Waals surface area contributed by atoms with Crippen LogP contribution < -0.4 is 4.90 Å². The first-order valence-corrected chi connectivity index (χ1v) is 9.17. The average Bonchev–Trinajstić information content (AvgIpc) is 2.45. The molecule has 0 saturated carbocycles. The van der Waals surface area contributed by atoms with E-state index in [1.807, 2.05) is 0 Å². The SMILES string of the molecule is CCC1CN2CCCCC2CN1c1c(C)cc(Br)cc1C. The molecule has 0 aliphatic carbocycles. The summed E-state index contributed by atoms with van der Waals surface area (Å²) in [6.45, 7) is 10.6. The van der Waals surface area contributed by atoms with Crippen LogP contribution in [0, 0.1) is 13.8 Å². The molecular weight excluding hydrogens is 324 g/mol. The van der Waals surface area contributed by atoms with Gasteiger partial charge in [0.25, 0.3) is 0 Å². The van der Waals surface area contributed by atoms with Crippen LogP contribution in [0.25, 0.3) is 0 Å². The van der Waals surface area contributed by atoms with Crippen molar-refractivity contribution in [3.8, 4) is 0 Å². The van der Waals surface area contributed by atoms with Crippen LogP contribution in [-0.4, -0.2) is 36.6 Å². The molecule has 116 valence electrons. The van der Waals surface area contributed by atoms with Crippen LogP contribution in [0.15, 0.2) is 16.6 Å². The topological polar surface area (TPSA) is 6.48 Å².